The van der Waals surface area contributed by atoms with Crippen LogP contribution >= 0.6 is 0 Å². The maximum Gasteiger partial charge on any atom is 0.254 e. The summed E-state index contributed by atoms with van der Waals surface area (Å²) < 4.78 is 0. The van der Waals surface area contributed by atoms with Crippen LogP contribution in [0.15, 0.2) is 54.6 Å². The largest absolute Gasteiger partial charge is 0.333 e. The van der Waals surface area contributed by atoms with Gasteiger partial charge in [-0.25, -0.2) is 0 Å². The zero-order chi connectivity index (χ0) is 20.4. The van der Waals surface area contributed by atoms with Crippen LogP contribution < -0.4 is 5.32 Å². The van der Waals surface area contributed by atoms with Crippen molar-refractivity contribution < 1.29 is 9.59 Å². The van der Waals surface area contributed by atoms with E-state index in [0.717, 1.165) is 26.1 Å². The van der Waals surface area contributed by atoms with E-state index >= 15 is 0 Å². The molecular weight excluding hydrogens is 362 g/mol. The van der Waals surface area contributed by atoms with Crippen LogP contribution in [0.1, 0.15) is 36.2 Å². The summed E-state index contributed by atoms with van der Waals surface area (Å²) in [5, 5.41) is 2.96. The molecule has 1 saturated carbocycles. The molecule has 3 atom stereocenters. The van der Waals surface area contributed by atoms with Gasteiger partial charge in [-0.1, -0.05) is 43.3 Å². The fourth-order valence-corrected chi connectivity index (χ4v) is 4.14. The predicted molar refractivity (Wildman–Crippen MR) is 115 cm³/mol. The van der Waals surface area contributed by atoms with Crippen molar-refractivity contribution in [2.24, 2.45) is 11.8 Å². The van der Waals surface area contributed by atoms with Crippen LogP contribution in [0, 0.1) is 11.8 Å². The van der Waals surface area contributed by atoms with Crippen molar-refractivity contribution in [1.29, 1.82) is 0 Å². The maximum atomic E-state index is 13.1. The van der Waals surface area contributed by atoms with E-state index in [0.29, 0.717) is 23.7 Å². The molecule has 3 unspecified atom stereocenters. The van der Waals surface area contributed by atoms with Gasteiger partial charge in [-0.05, 0) is 43.0 Å². The third-order valence-corrected chi connectivity index (χ3v) is 6.04. The van der Waals surface area contributed by atoms with Crippen molar-refractivity contribution >= 4 is 17.5 Å². The molecule has 0 aromatic heterocycles. The average Bonchev–Trinajstić information content (AvgIpc) is 3.45. The molecule has 2 aliphatic rings. The molecule has 2 aromatic carbocycles. The van der Waals surface area contributed by atoms with Gasteiger partial charge in [0.1, 0.15) is 0 Å². The molecule has 152 valence electrons. The Bertz CT molecular complexity index is 883. The molecule has 0 bridgehead atoms. The Morgan fingerprint density at radius 1 is 1.03 bits per heavy atom. The number of nitrogens with one attached hydrogen (secondary N) is 1. The number of hydrogen-bond acceptors (Lipinski definition) is 3. The Balaban J connectivity index is 1.37. The van der Waals surface area contributed by atoms with Crippen LogP contribution in [-0.2, 0) is 11.3 Å². The van der Waals surface area contributed by atoms with Crippen LogP contribution in [0.5, 0.6) is 0 Å². The van der Waals surface area contributed by atoms with Crippen molar-refractivity contribution in [3.63, 3.8) is 0 Å². The lowest BCUT2D eigenvalue weighted by molar-refractivity contribution is -0.117. The predicted octanol–water partition coefficient (Wildman–Crippen LogP) is 3.63. The second kappa shape index (κ2) is 8.37. The number of amides is 2. The molecule has 1 aliphatic heterocycles. The molecule has 4 rings (SSSR count). The number of carbonyl (C=O) groups is 2. The zero-order valence-corrected chi connectivity index (χ0v) is 17.2. The highest BCUT2D eigenvalue weighted by Gasteiger charge is 2.39. The standard InChI is InChI=1S/C24H29N3O2/c1-17-13-22(17)23(28)25-21-10-6-9-20(14-21)24(29)27-12-11-26(15-18(27)2)16-19-7-4-3-5-8-19/h3-10,14,17-18,22H,11-13,15-16H2,1-2H3,(H,25,28). The molecule has 5 nitrogen and oxygen atoms in total. The summed E-state index contributed by atoms with van der Waals surface area (Å²) in [5.41, 5.74) is 2.64. The third kappa shape index (κ3) is 4.67. The Kier molecular flexibility index (Phi) is 5.67. The number of piperazine rings is 1. The molecule has 1 N–H and O–H groups in total. The van der Waals surface area contributed by atoms with Crippen molar-refractivity contribution in [2.45, 2.75) is 32.9 Å². The normalized spacial score (nSPS) is 24.2. The van der Waals surface area contributed by atoms with Gasteiger partial charge in [0.2, 0.25) is 5.91 Å². The minimum absolute atomic E-state index is 0.0350. The second-order valence-electron chi connectivity index (χ2n) is 8.46. The highest BCUT2D eigenvalue weighted by molar-refractivity contribution is 5.98. The van der Waals surface area contributed by atoms with Crippen molar-refractivity contribution in [1.82, 2.24) is 9.80 Å². The number of hydrogen-bond donors (Lipinski definition) is 1. The minimum atomic E-state index is 0.0350. The Morgan fingerprint density at radius 3 is 2.48 bits per heavy atom. The van der Waals surface area contributed by atoms with Crippen molar-refractivity contribution in [3.8, 4) is 0 Å². The molecule has 1 saturated heterocycles. The number of nitrogens with zero attached hydrogens (tertiary/aromatic N) is 2. The average molecular weight is 392 g/mol. The molecule has 0 radical (unpaired) electrons. The molecule has 0 spiro atoms. The minimum Gasteiger partial charge on any atom is -0.333 e. The number of benzene rings is 2. The summed E-state index contributed by atoms with van der Waals surface area (Å²) in [5.74, 6) is 0.678. The summed E-state index contributed by atoms with van der Waals surface area (Å²) in [6.45, 7) is 7.53. The first kappa shape index (κ1) is 19.6. The van der Waals surface area contributed by atoms with E-state index in [1.807, 2.05) is 29.2 Å². The van der Waals surface area contributed by atoms with Gasteiger partial charge in [-0.2, -0.15) is 0 Å². The molecule has 5 heteroatoms. The highest BCUT2D eigenvalue weighted by Crippen LogP contribution is 2.38. The van der Waals surface area contributed by atoms with Gasteiger partial charge < -0.3 is 10.2 Å². The van der Waals surface area contributed by atoms with E-state index in [1.165, 1.54) is 5.56 Å². The fraction of sp³-hybridized carbons (Fsp3) is 0.417. The second-order valence-corrected chi connectivity index (χ2v) is 8.46. The van der Waals surface area contributed by atoms with Gasteiger partial charge >= 0.3 is 0 Å². The smallest absolute Gasteiger partial charge is 0.254 e. The molecule has 1 heterocycles. The summed E-state index contributed by atoms with van der Waals surface area (Å²) in [7, 11) is 0. The molecule has 29 heavy (non-hydrogen) atoms. The maximum absolute atomic E-state index is 13.1. The summed E-state index contributed by atoms with van der Waals surface area (Å²) in [6, 6.07) is 17.9. The van der Waals surface area contributed by atoms with E-state index in [4.69, 9.17) is 0 Å². The molecule has 2 fully saturated rings. The Hall–Kier alpha value is -2.66. The summed E-state index contributed by atoms with van der Waals surface area (Å²) in [6.07, 6.45) is 0.954. The molecule has 1 aliphatic carbocycles. The Morgan fingerprint density at radius 2 is 1.79 bits per heavy atom. The lowest BCUT2D eigenvalue weighted by atomic mass is 10.1. The van der Waals surface area contributed by atoms with Crippen molar-refractivity contribution in [3.05, 3.63) is 65.7 Å². The Labute approximate surface area is 172 Å². The van der Waals surface area contributed by atoms with Crippen LogP contribution in [0.4, 0.5) is 5.69 Å². The summed E-state index contributed by atoms with van der Waals surface area (Å²) >= 11 is 0. The first-order chi connectivity index (χ1) is 14.0. The van der Waals surface area contributed by atoms with E-state index in [2.05, 4.69) is 48.3 Å². The number of carbonyl (C=O) groups excluding carboxylic acids is 2. The first-order valence-electron chi connectivity index (χ1n) is 10.5. The molecule has 2 aromatic rings. The van der Waals surface area contributed by atoms with E-state index < -0.39 is 0 Å². The zero-order valence-electron chi connectivity index (χ0n) is 17.2. The van der Waals surface area contributed by atoms with Crippen LogP contribution in [-0.4, -0.2) is 47.3 Å². The highest BCUT2D eigenvalue weighted by atomic mass is 16.2. The van der Waals surface area contributed by atoms with Gasteiger partial charge in [0.15, 0.2) is 0 Å². The number of anilines is 1. The van der Waals surface area contributed by atoms with Gasteiger partial charge in [0.05, 0.1) is 0 Å². The van der Waals surface area contributed by atoms with Gasteiger partial charge in [-0.15, -0.1) is 0 Å². The topological polar surface area (TPSA) is 52.7 Å². The third-order valence-electron chi connectivity index (χ3n) is 6.04. The first-order valence-corrected chi connectivity index (χ1v) is 10.5. The van der Waals surface area contributed by atoms with E-state index in [9.17, 15) is 9.59 Å². The van der Waals surface area contributed by atoms with E-state index in [-0.39, 0.29) is 23.8 Å². The van der Waals surface area contributed by atoms with Crippen LogP contribution in [0.2, 0.25) is 0 Å². The van der Waals surface area contributed by atoms with Crippen LogP contribution in [0.25, 0.3) is 0 Å². The fourth-order valence-electron chi connectivity index (χ4n) is 4.14. The lowest BCUT2D eigenvalue weighted by Crippen LogP contribution is -2.53. The molecular formula is C24H29N3O2. The quantitative estimate of drug-likeness (QED) is 0.847. The molecule has 2 amide bonds. The monoisotopic (exact) mass is 391 g/mol. The van der Waals surface area contributed by atoms with Crippen LogP contribution in [0.3, 0.4) is 0 Å². The summed E-state index contributed by atoms with van der Waals surface area (Å²) in [4.78, 5) is 29.7. The number of rotatable bonds is 5. The van der Waals surface area contributed by atoms with Gasteiger partial charge in [0.25, 0.3) is 5.91 Å². The van der Waals surface area contributed by atoms with Gasteiger partial charge in [-0.3, -0.25) is 14.5 Å². The van der Waals surface area contributed by atoms with Gasteiger partial charge in [0, 0.05) is 49.4 Å². The lowest BCUT2D eigenvalue weighted by Gasteiger charge is -2.40. The van der Waals surface area contributed by atoms with E-state index in [1.54, 1.807) is 6.07 Å². The SMILES string of the molecule is CC1CC1C(=O)Nc1cccc(C(=O)N2CCN(Cc3ccccc3)CC2C)c1. The van der Waals surface area contributed by atoms with Crippen molar-refractivity contribution in [2.75, 3.05) is 25.0 Å².